The van der Waals surface area contributed by atoms with Crippen LogP contribution in [-0.4, -0.2) is 44.7 Å². The van der Waals surface area contributed by atoms with Crippen molar-refractivity contribution in [2.24, 2.45) is 11.8 Å². The number of carbonyl (C=O) groups is 2. The van der Waals surface area contributed by atoms with E-state index in [2.05, 4.69) is 37.5 Å². The number of esters is 2. The third kappa shape index (κ3) is 4.83. The zero-order valence-electron chi connectivity index (χ0n) is 18.6. The van der Waals surface area contributed by atoms with Crippen LogP contribution < -0.4 is 5.73 Å². The Morgan fingerprint density at radius 2 is 1.54 bits per heavy atom. The Morgan fingerprint density at radius 3 is 2.17 bits per heavy atom. The highest BCUT2D eigenvalue weighted by atomic mass is 127. The average molecular weight is 583 g/mol. The van der Waals surface area contributed by atoms with Crippen molar-refractivity contribution in [2.45, 2.75) is 12.5 Å². The Morgan fingerprint density at radius 1 is 0.943 bits per heavy atom. The third-order valence-corrected chi connectivity index (χ3v) is 7.01. The van der Waals surface area contributed by atoms with Gasteiger partial charge in [0.05, 0.1) is 30.7 Å². The van der Waals surface area contributed by atoms with Gasteiger partial charge in [-0.3, -0.25) is 0 Å². The summed E-state index contributed by atoms with van der Waals surface area (Å²) in [5.41, 5.74) is 8.06. The number of ether oxygens (including phenoxy) is 2. The van der Waals surface area contributed by atoms with Crippen LogP contribution in [0.2, 0.25) is 0 Å². The fourth-order valence-corrected chi connectivity index (χ4v) is 5.14. The molecule has 0 amide bonds. The van der Waals surface area contributed by atoms with E-state index in [0.29, 0.717) is 20.5 Å². The number of imidazole rings is 1. The number of aromatic nitrogens is 4. The molecule has 3 atom stereocenters. The van der Waals surface area contributed by atoms with Gasteiger partial charge in [0, 0.05) is 17.9 Å². The molecular formula is C25H22IN5O4. The lowest BCUT2D eigenvalue weighted by Crippen LogP contribution is -2.44. The van der Waals surface area contributed by atoms with Crippen LogP contribution in [0.4, 0.5) is 5.95 Å². The Hall–Kier alpha value is -3.54. The Labute approximate surface area is 214 Å². The van der Waals surface area contributed by atoms with Crippen LogP contribution in [0.5, 0.6) is 0 Å². The molecule has 0 spiro atoms. The molecule has 0 saturated heterocycles. The van der Waals surface area contributed by atoms with Crippen molar-refractivity contribution in [3.63, 3.8) is 0 Å². The van der Waals surface area contributed by atoms with Gasteiger partial charge < -0.3 is 19.8 Å². The molecule has 178 valence electrons. The van der Waals surface area contributed by atoms with E-state index in [1.807, 2.05) is 16.7 Å². The number of nitrogens with zero attached hydrogens (tertiary/aromatic N) is 4. The van der Waals surface area contributed by atoms with E-state index in [-0.39, 0.29) is 43.0 Å². The first-order chi connectivity index (χ1) is 17.0. The van der Waals surface area contributed by atoms with E-state index in [1.54, 1.807) is 54.9 Å². The van der Waals surface area contributed by atoms with Gasteiger partial charge in [0.2, 0.25) is 5.95 Å². The van der Waals surface area contributed by atoms with Crippen LogP contribution in [-0.2, 0) is 9.47 Å². The second kappa shape index (κ2) is 9.98. The summed E-state index contributed by atoms with van der Waals surface area (Å²) >= 11 is 2.12. The lowest BCUT2D eigenvalue weighted by atomic mass is 9.69. The number of fused-ring (bicyclic) bond motifs is 1. The van der Waals surface area contributed by atoms with E-state index in [4.69, 9.17) is 15.2 Å². The molecule has 35 heavy (non-hydrogen) atoms. The smallest absolute Gasteiger partial charge is 0.338 e. The summed E-state index contributed by atoms with van der Waals surface area (Å²) in [6, 6.07) is 17.7. The lowest BCUT2D eigenvalue weighted by Gasteiger charge is -2.44. The first-order valence-electron chi connectivity index (χ1n) is 11.1. The molecule has 2 N–H and O–H groups in total. The summed E-state index contributed by atoms with van der Waals surface area (Å²) < 4.78 is 14.0. The van der Waals surface area contributed by atoms with Crippen molar-refractivity contribution in [3.05, 3.63) is 81.8 Å². The molecule has 1 saturated carbocycles. The van der Waals surface area contributed by atoms with Crippen LogP contribution in [0.25, 0.3) is 11.2 Å². The van der Waals surface area contributed by atoms with Crippen molar-refractivity contribution < 1.29 is 19.1 Å². The highest BCUT2D eigenvalue weighted by Gasteiger charge is 2.44. The van der Waals surface area contributed by atoms with Crippen LogP contribution in [0.15, 0.2) is 67.0 Å². The molecule has 2 aromatic heterocycles. The van der Waals surface area contributed by atoms with Crippen LogP contribution in [0, 0.1) is 15.5 Å². The van der Waals surface area contributed by atoms with Crippen LogP contribution >= 0.6 is 22.6 Å². The molecule has 1 fully saturated rings. The van der Waals surface area contributed by atoms with Crippen molar-refractivity contribution in [2.75, 3.05) is 18.9 Å². The summed E-state index contributed by atoms with van der Waals surface area (Å²) in [6.45, 7) is 0.406. The first kappa shape index (κ1) is 23.2. The van der Waals surface area contributed by atoms with Crippen LogP contribution in [0.3, 0.4) is 0 Å². The molecule has 0 bridgehead atoms. The quantitative estimate of drug-likeness (QED) is 0.198. The molecule has 1 aliphatic rings. The summed E-state index contributed by atoms with van der Waals surface area (Å²) in [4.78, 5) is 37.9. The summed E-state index contributed by atoms with van der Waals surface area (Å²) in [5.74, 6) is -0.670. The zero-order chi connectivity index (χ0) is 24.4. The maximum Gasteiger partial charge on any atom is 0.338 e. The van der Waals surface area contributed by atoms with E-state index in [1.165, 1.54) is 0 Å². The van der Waals surface area contributed by atoms with Crippen LogP contribution in [0.1, 0.15) is 33.2 Å². The van der Waals surface area contributed by atoms with Gasteiger partial charge in [-0.25, -0.2) is 19.6 Å². The summed E-state index contributed by atoms with van der Waals surface area (Å²) in [5, 5.41) is 0. The molecule has 9 nitrogen and oxygen atoms in total. The van der Waals surface area contributed by atoms with E-state index >= 15 is 0 Å². The Kier molecular flexibility index (Phi) is 6.62. The SMILES string of the molecule is Nc1nc(I)c2c(ncn2[C@H]2C[C@H](COC(=O)c3ccccc3)[C@H]2COC(=O)c2ccccc2)n1. The maximum atomic E-state index is 12.6. The van der Waals surface area contributed by atoms with Gasteiger partial charge in [-0.05, 0) is 53.3 Å². The number of hydrogen-bond donors (Lipinski definition) is 1. The van der Waals surface area contributed by atoms with E-state index in [9.17, 15) is 9.59 Å². The number of halogens is 1. The lowest BCUT2D eigenvalue weighted by molar-refractivity contribution is -0.0307. The summed E-state index contributed by atoms with van der Waals surface area (Å²) in [7, 11) is 0. The number of rotatable bonds is 7. The number of nitrogens with two attached hydrogens (primary N) is 1. The minimum atomic E-state index is -0.391. The number of anilines is 1. The third-order valence-electron chi connectivity index (χ3n) is 6.26. The number of carbonyl (C=O) groups excluding carboxylic acids is 2. The van der Waals surface area contributed by atoms with Crippen molar-refractivity contribution in [1.29, 1.82) is 0 Å². The van der Waals surface area contributed by atoms with Gasteiger partial charge in [0.1, 0.15) is 9.22 Å². The van der Waals surface area contributed by atoms with Gasteiger partial charge in [-0.2, -0.15) is 4.98 Å². The van der Waals surface area contributed by atoms with Gasteiger partial charge >= 0.3 is 11.9 Å². The molecule has 2 aromatic carbocycles. The number of hydrogen-bond acceptors (Lipinski definition) is 8. The molecule has 5 rings (SSSR count). The van der Waals surface area contributed by atoms with E-state index in [0.717, 1.165) is 11.9 Å². The first-order valence-corrected chi connectivity index (χ1v) is 12.2. The molecule has 0 unspecified atom stereocenters. The molecule has 2 heterocycles. The molecule has 10 heteroatoms. The summed E-state index contributed by atoms with van der Waals surface area (Å²) in [6.07, 6.45) is 2.44. The predicted octanol–water partition coefficient (Wildman–Crippen LogP) is 3.90. The fraction of sp³-hybridized carbons (Fsp3) is 0.240. The highest BCUT2D eigenvalue weighted by molar-refractivity contribution is 14.1. The second-order valence-electron chi connectivity index (χ2n) is 8.35. The van der Waals surface area contributed by atoms with Crippen molar-refractivity contribution in [1.82, 2.24) is 19.5 Å². The predicted molar refractivity (Wildman–Crippen MR) is 137 cm³/mol. The fourth-order valence-electron chi connectivity index (χ4n) is 4.38. The van der Waals surface area contributed by atoms with Crippen molar-refractivity contribution >= 4 is 51.6 Å². The van der Waals surface area contributed by atoms with Gasteiger partial charge in [-0.15, -0.1) is 0 Å². The van der Waals surface area contributed by atoms with Gasteiger partial charge in [0.25, 0.3) is 0 Å². The molecule has 0 aliphatic heterocycles. The molecule has 0 radical (unpaired) electrons. The van der Waals surface area contributed by atoms with E-state index < -0.39 is 5.97 Å². The minimum Gasteiger partial charge on any atom is -0.462 e. The molecule has 1 aliphatic carbocycles. The normalized spacial score (nSPS) is 19.2. The topological polar surface area (TPSA) is 122 Å². The largest absolute Gasteiger partial charge is 0.462 e. The average Bonchev–Trinajstić information content (AvgIpc) is 3.27. The number of benzene rings is 2. The zero-order valence-corrected chi connectivity index (χ0v) is 20.7. The number of nitrogen functional groups attached to an aromatic ring is 1. The van der Waals surface area contributed by atoms with Crippen molar-refractivity contribution in [3.8, 4) is 0 Å². The van der Waals surface area contributed by atoms with Gasteiger partial charge in [-0.1, -0.05) is 36.4 Å². The standard InChI is InChI=1S/C25H22IN5O4/c26-21-20-22(30-25(27)29-21)28-14-31(20)19-11-17(12-34-23(32)15-7-3-1-4-8-15)18(19)13-35-24(33)16-9-5-2-6-10-16/h1-10,14,17-19H,11-13H2,(H2,27,29,30)/t17-,18-,19+/m1/s1. The highest BCUT2D eigenvalue weighted by Crippen LogP contribution is 2.46. The minimum absolute atomic E-state index is 0.0149. The molecular weight excluding hydrogens is 561 g/mol. The van der Waals surface area contributed by atoms with Gasteiger partial charge in [0.15, 0.2) is 5.65 Å². The Bertz CT molecular complexity index is 1360. The Balaban J connectivity index is 1.34. The maximum absolute atomic E-state index is 12.6. The monoisotopic (exact) mass is 583 g/mol. The molecule has 4 aromatic rings. The second-order valence-corrected chi connectivity index (χ2v) is 9.37.